The number of carbonyl (C=O) groups is 1. The predicted octanol–water partition coefficient (Wildman–Crippen LogP) is 4.30. The van der Waals surface area contributed by atoms with Crippen molar-refractivity contribution in [3.8, 4) is 0 Å². The molecular weight excluding hydrogens is 383 g/mol. The van der Waals surface area contributed by atoms with Gasteiger partial charge < -0.3 is 9.30 Å². The lowest BCUT2D eigenvalue weighted by atomic mass is 10.1. The van der Waals surface area contributed by atoms with Crippen molar-refractivity contribution in [1.82, 2.24) is 4.57 Å². The second kappa shape index (κ2) is 7.44. The molecule has 0 fully saturated rings. The molecule has 0 atom stereocenters. The Labute approximate surface area is 156 Å². The highest BCUT2D eigenvalue weighted by molar-refractivity contribution is 6.30. The third kappa shape index (κ3) is 3.55. The zero-order valence-corrected chi connectivity index (χ0v) is 14.8. The van der Waals surface area contributed by atoms with Crippen LogP contribution in [0, 0.1) is 17.5 Å². The van der Waals surface area contributed by atoms with E-state index in [0.29, 0.717) is 16.7 Å². The van der Waals surface area contributed by atoms with Crippen LogP contribution in [0.25, 0.3) is 10.9 Å². The van der Waals surface area contributed by atoms with Gasteiger partial charge in [-0.1, -0.05) is 23.7 Å². The Kier molecular flexibility index (Phi) is 5.23. The Hall–Kier alpha value is -2.80. The number of ether oxygens (including phenoxy) is 1. The van der Waals surface area contributed by atoms with E-state index in [1.807, 2.05) is 0 Å². The number of hydrogen-bond donors (Lipinski definition) is 0. The van der Waals surface area contributed by atoms with Gasteiger partial charge in [-0.2, -0.15) is 0 Å². The van der Waals surface area contributed by atoms with Crippen LogP contribution in [0.2, 0.25) is 5.02 Å². The highest BCUT2D eigenvalue weighted by atomic mass is 35.5. The highest BCUT2D eigenvalue weighted by Gasteiger charge is 2.23. The van der Waals surface area contributed by atoms with Crippen LogP contribution in [0.5, 0.6) is 0 Å². The van der Waals surface area contributed by atoms with Gasteiger partial charge in [-0.3, -0.25) is 4.79 Å². The molecule has 8 heteroatoms. The topological polar surface area (TPSA) is 48.3 Å². The highest BCUT2D eigenvalue weighted by Crippen LogP contribution is 2.23. The molecule has 0 N–H and O–H groups in total. The molecule has 0 saturated heterocycles. The minimum absolute atomic E-state index is 0.0107. The smallest absolute Gasteiger partial charge is 0.343 e. The number of hydrogen-bond acceptors (Lipinski definition) is 3. The quantitative estimate of drug-likeness (QED) is 0.489. The molecule has 0 spiro atoms. The summed E-state index contributed by atoms with van der Waals surface area (Å²) in [6, 6.07) is 7.14. The van der Waals surface area contributed by atoms with E-state index in [1.165, 1.54) is 0 Å². The van der Waals surface area contributed by atoms with E-state index in [9.17, 15) is 22.8 Å². The Morgan fingerprint density at radius 2 is 1.93 bits per heavy atom. The summed E-state index contributed by atoms with van der Waals surface area (Å²) in [5, 5.41) is -0.0415. The first kappa shape index (κ1) is 19.0. The number of carbonyl (C=O) groups excluding carboxylic acids is 1. The fraction of sp³-hybridized carbons (Fsp3) is 0.158. The van der Waals surface area contributed by atoms with Gasteiger partial charge in [0.2, 0.25) is 5.43 Å². The molecule has 0 radical (unpaired) electrons. The fourth-order valence-electron chi connectivity index (χ4n) is 2.77. The van der Waals surface area contributed by atoms with Crippen molar-refractivity contribution in [2.24, 2.45) is 0 Å². The molecule has 0 aliphatic heterocycles. The van der Waals surface area contributed by atoms with E-state index < -0.39 is 45.3 Å². The van der Waals surface area contributed by atoms with Gasteiger partial charge in [-0.05, 0) is 30.7 Å². The molecule has 140 valence electrons. The zero-order valence-electron chi connectivity index (χ0n) is 14.1. The maximum atomic E-state index is 14.4. The first-order valence-corrected chi connectivity index (χ1v) is 8.33. The largest absolute Gasteiger partial charge is 0.462 e. The van der Waals surface area contributed by atoms with Crippen molar-refractivity contribution in [2.75, 3.05) is 6.61 Å². The van der Waals surface area contributed by atoms with Crippen LogP contribution in [-0.2, 0) is 11.3 Å². The minimum atomic E-state index is -1.70. The number of aromatic nitrogens is 1. The summed E-state index contributed by atoms with van der Waals surface area (Å²) in [6.45, 7) is 1.53. The van der Waals surface area contributed by atoms with E-state index >= 15 is 0 Å². The van der Waals surface area contributed by atoms with Crippen molar-refractivity contribution in [3.05, 3.63) is 80.4 Å². The predicted molar refractivity (Wildman–Crippen MR) is 94.6 cm³/mol. The number of rotatable bonds is 4. The number of nitrogens with zero attached hydrogens (tertiary/aromatic N) is 1. The molecule has 0 saturated carbocycles. The van der Waals surface area contributed by atoms with Crippen LogP contribution in [0.4, 0.5) is 13.2 Å². The normalized spacial score (nSPS) is 11.0. The standard InChI is InChI=1S/C19H13ClF3NO3/c1-2-27-19(26)13-9-24(8-10-4-3-5-11(20)6-10)17-12(18(13)25)7-14(21)15(22)16(17)23/h3-7,9H,2,8H2,1H3. The number of esters is 1. The van der Waals surface area contributed by atoms with Crippen molar-refractivity contribution in [2.45, 2.75) is 13.5 Å². The average molecular weight is 396 g/mol. The first-order valence-electron chi connectivity index (χ1n) is 7.95. The molecule has 4 nitrogen and oxygen atoms in total. The Morgan fingerprint density at radius 1 is 1.19 bits per heavy atom. The fourth-order valence-corrected chi connectivity index (χ4v) is 2.99. The summed E-state index contributed by atoms with van der Waals surface area (Å²) in [6.07, 6.45) is 1.07. The number of pyridine rings is 1. The summed E-state index contributed by atoms with van der Waals surface area (Å²) >= 11 is 5.94. The third-order valence-electron chi connectivity index (χ3n) is 3.94. The molecular formula is C19H13ClF3NO3. The van der Waals surface area contributed by atoms with E-state index in [-0.39, 0.29) is 13.2 Å². The van der Waals surface area contributed by atoms with Gasteiger partial charge in [-0.15, -0.1) is 0 Å². The first-order chi connectivity index (χ1) is 12.8. The molecule has 0 aliphatic rings. The van der Waals surface area contributed by atoms with E-state index in [2.05, 4.69) is 0 Å². The van der Waals surface area contributed by atoms with Crippen molar-refractivity contribution >= 4 is 28.5 Å². The maximum Gasteiger partial charge on any atom is 0.343 e. The monoisotopic (exact) mass is 395 g/mol. The van der Waals surface area contributed by atoms with Crippen LogP contribution in [0.15, 0.2) is 41.3 Å². The molecule has 3 aromatic rings. The summed E-state index contributed by atoms with van der Waals surface area (Å²) in [4.78, 5) is 24.6. The molecule has 0 aliphatic carbocycles. The molecule has 2 aromatic carbocycles. The SMILES string of the molecule is CCOC(=O)c1cn(Cc2cccc(Cl)c2)c2c(F)c(F)c(F)cc2c1=O. The average Bonchev–Trinajstić information content (AvgIpc) is 2.62. The van der Waals surface area contributed by atoms with Crippen LogP contribution in [0.1, 0.15) is 22.8 Å². The summed E-state index contributed by atoms with van der Waals surface area (Å²) in [5.74, 6) is -5.67. The van der Waals surface area contributed by atoms with E-state index in [4.69, 9.17) is 16.3 Å². The summed E-state index contributed by atoms with van der Waals surface area (Å²) in [5.41, 5.74) is -1.20. The molecule has 0 unspecified atom stereocenters. The number of halogens is 4. The van der Waals surface area contributed by atoms with Gasteiger partial charge in [0.05, 0.1) is 17.5 Å². The van der Waals surface area contributed by atoms with E-state index in [0.717, 1.165) is 10.8 Å². The summed E-state index contributed by atoms with van der Waals surface area (Å²) in [7, 11) is 0. The van der Waals surface area contributed by atoms with Gasteiger partial charge in [0.15, 0.2) is 17.5 Å². The minimum Gasteiger partial charge on any atom is -0.462 e. The Bertz CT molecular complexity index is 1110. The van der Waals surface area contributed by atoms with Gasteiger partial charge in [-0.25, -0.2) is 18.0 Å². The van der Waals surface area contributed by atoms with Gasteiger partial charge in [0.1, 0.15) is 5.56 Å². The van der Waals surface area contributed by atoms with Crippen molar-refractivity contribution in [3.63, 3.8) is 0 Å². The maximum absolute atomic E-state index is 14.4. The molecule has 0 amide bonds. The number of benzene rings is 2. The van der Waals surface area contributed by atoms with Crippen molar-refractivity contribution < 1.29 is 22.7 Å². The molecule has 0 bridgehead atoms. The van der Waals surface area contributed by atoms with Crippen LogP contribution >= 0.6 is 11.6 Å². The Balaban J connectivity index is 2.32. The van der Waals surface area contributed by atoms with Crippen molar-refractivity contribution in [1.29, 1.82) is 0 Å². The number of fused-ring (bicyclic) bond motifs is 1. The Morgan fingerprint density at radius 3 is 2.59 bits per heavy atom. The van der Waals surface area contributed by atoms with E-state index in [1.54, 1.807) is 31.2 Å². The van der Waals surface area contributed by atoms with Crippen LogP contribution < -0.4 is 5.43 Å². The van der Waals surface area contributed by atoms with Gasteiger partial charge in [0, 0.05) is 17.8 Å². The van der Waals surface area contributed by atoms with Crippen LogP contribution in [-0.4, -0.2) is 17.1 Å². The summed E-state index contributed by atoms with van der Waals surface area (Å²) < 4.78 is 47.9. The van der Waals surface area contributed by atoms with Gasteiger partial charge in [0.25, 0.3) is 0 Å². The second-order valence-electron chi connectivity index (χ2n) is 5.73. The molecule has 1 aromatic heterocycles. The zero-order chi connectivity index (χ0) is 19.7. The lowest BCUT2D eigenvalue weighted by Crippen LogP contribution is -2.22. The molecule has 3 rings (SSSR count). The van der Waals surface area contributed by atoms with Gasteiger partial charge >= 0.3 is 5.97 Å². The molecule has 27 heavy (non-hydrogen) atoms. The van der Waals surface area contributed by atoms with Crippen LogP contribution in [0.3, 0.4) is 0 Å². The molecule has 1 heterocycles. The lowest BCUT2D eigenvalue weighted by molar-refractivity contribution is 0.0524. The third-order valence-corrected chi connectivity index (χ3v) is 4.17. The lowest BCUT2D eigenvalue weighted by Gasteiger charge is -2.15. The second-order valence-corrected chi connectivity index (χ2v) is 6.17.